The molecule has 0 unspecified atom stereocenters. The summed E-state index contributed by atoms with van der Waals surface area (Å²) in [6.07, 6.45) is 0. The molecule has 1 heterocycles. The van der Waals surface area contributed by atoms with Gasteiger partial charge in [0.15, 0.2) is 0 Å². The van der Waals surface area contributed by atoms with Crippen molar-refractivity contribution in [2.24, 2.45) is 5.92 Å². The lowest BCUT2D eigenvalue weighted by atomic mass is 9.85. The van der Waals surface area contributed by atoms with Gasteiger partial charge in [-0.15, -0.1) is 0 Å². The fourth-order valence-electron chi connectivity index (χ4n) is 1.49. The van der Waals surface area contributed by atoms with E-state index in [0.717, 1.165) is 0 Å². The van der Waals surface area contributed by atoms with Crippen LogP contribution in [0.1, 0.15) is 34.6 Å². The molecule has 0 atom stereocenters. The topological polar surface area (TPSA) is 57.6 Å². The molecule has 90 valence electrons. The van der Waals surface area contributed by atoms with Crippen LogP contribution >= 0.6 is 0 Å². The fraction of sp³-hybridized carbons (Fsp3) is 1.00. The first-order valence-corrected chi connectivity index (χ1v) is 6.67. The van der Waals surface area contributed by atoms with Crippen LogP contribution in [0.4, 0.5) is 0 Å². The van der Waals surface area contributed by atoms with Crippen molar-refractivity contribution in [3.05, 3.63) is 0 Å². The Kier molecular flexibility index (Phi) is 2.96. The van der Waals surface area contributed by atoms with E-state index in [1.54, 1.807) is 20.8 Å². The predicted molar refractivity (Wildman–Crippen MR) is 60.0 cm³/mol. The van der Waals surface area contributed by atoms with Gasteiger partial charge in [0.2, 0.25) is 10.0 Å². The van der Waals surface area contributed by atoms with Gasteiger partial charge in [0.05, 0.1) is 10.3 Å². The highest BCUT2D eigenvalue weighted by atomic mass is 32.2. The van der Waals surface area contributed by atoms with Crippen LogP contribution in [0.15, 0.2) is 0 Å². The average Bonchev–Trinajstić information content (AvgIpc) is 1.95. The van der Waals surface area contributed by atoms with Gasteiger partial charge in [-0.1, -0.05) is 13.8 Å². The van der Waals surface area contributed by atoms with E-state index >= 15 is 0 Å². The quantitative estimate of drug-likeness (QED) is 0.771. The normalized spacial score (nSPS) is 22.9. The number of hydrogen-bond donors (Lipinski definition) is 1. The summed E-state index contributed by atoms with van der Waals surface area (Å²) in [5.74, 6) is 0.0870. The van der Waals surface area contributed by atoms with Gasteiger partial charge in [0.1, 0.15) is 0 Å². The van der Waals surface area contributed by atoms with Crippen LogP contribution in [-0.2, 0) is 10.0 Å². The maximum atomic E-state index is 12.0. The van der Waals surface area contributed by atoms with Crippen LogP contribution in [0.5, 0.6) is 0 Å². The van der Waals surface area contributed by atoms with Crippen LogP contribution in [0.2, 0.25) is 0 Å². The first-order valence-electron chi connectivity index (χ1n) is 5.23. The van der Waals surface area contributed by atoms with E-state index in [-0.39, 0.29) is 19.0 Å². The number of hydrogen-bond acceptors (Lipinski definition) is 3. The summed E-state index contributed by atoms with van der Waals surface area (Å²) in [6, 6.07) is 0. The molecule has 1 fully saturated rings. The van der Waals surface area contributed by atoms with Gasteiger partial charge >= 0.3 is 0 Å². The molecule has 0 saturated carbocycles. The Labute approximate surface area is 92.3 Å². The fourth-order valence-corrected chi connectivity index (χ4v) is 3.05. The highest BCUT2D eigenvalue weighted by Crippen LogP contribution is 2.34. The molecule has 1 saturated heterocycles. The molecular weight excluding hydrogens is 214 g/mol. The third-order valence-electron chi connectivity index (χ3n) is 3.09. The average molecular weight is 235 g/mol. The molecule has 15 heavy (non-hydrogen) atoms. The first-order chi connectivity index (χ1) is 6.51. The molecule has 0 aliphatic carbocycles. The molecule has 0 radical (unpaired) electrons. The predicted octanol–water partition coefficient (Wildman–Crippen LogP) is 0.817. The SMILES string of the molecule is CC(C)C1(O)CN(S(=O)(=O)C(C)(C)C)C1. The summed E-state index contributed by atoms with van der Waals surface area (Å²) in [5.41, 5.74) is -0.835. The largest absolute Gasteiger partial charge is 0.387 e. The summed E-state index contributed by atoms with van der Waals surface area (Å²) in [4.78, 5) is 0. The molecule has 5 heteroatoms. The zero-order valence-electron chi connectivity index (χ0n) is 10.1. The van der Waals surface area contributed by atoms with E-state index in [1.165, 1.54) is 4.31 Å². The number of sulfonamides is 1. The minimum Gasteiger partial charge on any atom is -0.387 e. The molecule has 1 N–H and O–H groups in total. The molecule has 0 amide bonds. The first kappa shape index (κ1) is 12.9. The van der Waals surface area contributed by atoms with Gasteiger partial charge in [0.25, 0.3) is 0 Å². The van der Waals surface area contributed by atoms with Gasteiger partial charge in [-0.05, 0) is 26.7 Å². The number of rotatable bonds is 2. The molecule has 0 spiro atoms. The maximum Gasteiger partial charge on any atom is 0.219 e. The molecular formula is C10H21NO3S. The van der Waals surface area contributed by atoms with Gasteiger partial charge in [-0.3, -0.25) is 0 Å². The third kappa shape index (κ3) is 2.05. The Balaban J connectivity index is 2.76. The third-order valence-corrected chi connectivity index (χ3v) is 5.57. The smallest absolute Gasteiger partial charge is 0.219 e. The summed E-state index contributed by atoms with van der Waals surface area (Å²) < 4.78 is 24.5. The van der Waals surface area contributed by atoms with E-state index in [0.29, 0.717) is 0 Å². The molecule has 1 aliphatic rings. The Hall–Kier alpha value is -0.130. The van der Waals surface area contributed by atoms with Crippen LogP contribution < -0.4 is 0 Å². The van der Waals surface area contributed by atoms with Gasteiger partial charge in [-0.2, -0.15) is 4.31 Å². The Morgan fingerprint density at radius 3 is 1.93 bits per heavy atom. The van der Waals surface area contributed by atoms with Crippen LogP contribution in [0.3, 0.4) is 0 Å². The Morgan fingerprint density at radius 1 is 1.27 bits per heavy atom. The monoisotopic (exact) mass is 235 g/mol. The van der Waals surface area contributed by atoms with E-state index in [9.17, 15) is 13.5 Å². The van der Waals surface area contributed by atoms with E-state index in [4.69, 9.17) is 0 Å². The summed E-state index contributed by atoms with van der Waals surface area (Å²) in [7, 11) is -3.27. The highest BCUT2D eigenvalue weighted by molar-refractivity contribution is 7.90. The lowest BCUT2D eigenvalue weighted by molar-refractivity contribution is -0.0938. The minimum atomic E-state index is -3.27. The zero-order chi connectivity index (χ0) is 12.1. The van der Waals surface area contributed by atoms with Gasteiger partial charge in [0, 0.05) is 13.1 Å². The Bertz CT molecular complexity index is 334. The summed E-state index contributed by atoms with van der Waals surface area (Å²) >= 11 is 0. The lowest BCUT2D eigenvalue weighted by Crippen LogP contribution is -2.67. The van der Waals surface area contributed by atoms with E-state index in [2.05, 4.69) is 0 Å². The molecule has 0 aromatic heterocycles. The molecule has 0 aromatic carbocycles. The van der Waals surface area contributed by atoms with Crippen molar-refractivity contribution >= 4 is 10.0 Å². The van der Waals surface area contributed by atoms with Crippen LogP contribution in [0, 0.1) is 5.92 Å². The Morgan fingerprint density at radius 2 is 1.67 bits per heavy atom. The molecule has 4 nitrogen and oxygen atoms in total. The van der Waals surface area contributed by atoms with E-state index in [1.807, 2.05) is 13.8 Å². The van der Waals surface area contributed by atoms with Crippen molar-refractivity contribution in [2.45, 2.75) is 45.0 Å². The maximum absolute atomic E-state index is 12.0. The van der Waals surface area contributed by atoms with Crippen LogP contribution in [-0.4, -0.2) is 41.3 Å². The van der Waals surface area contributed by atoms with Crippen molar-refractivity contribution in [3.8, 4) is 0 Å². The second-order valence-corrected chi connectivity index (χ2v) is 8.34. The van der Waals surface area contributed by atoms with Crippen molar-refractivity contribution < 1.29 is 13.5 Å². The van der Waals surface area contributed by atoms with Crippen molar-refractivity contribution in [2.75, 3.05) is 13.1 Å². The summed E-state index contributed by atoms with van der Waals surface area (Å²) in [6.45, 7) is 9.29. The number of nitrogens with zero attached hydrogens (tertiary/aromatic N) is 1. The second kappa shape index (κ2) is 3.43. The van der Waals surface area contributed by atoms with Crippen molar-refractivity contribution in [3.63, 3.8) is 0 Å². The second-order valence-electron chi connectivity index (χ2n) is 5.64. The molecule has 0 aromatic rings. The molecule has 1 aliphatic heterocycles. The minimum absolute atomic E-state index is 0.0870. The number of β-amino-alcohol motifs (C(OH)–C–C–N with tert-alkyl or cyclic N) is 1. The van der Waals surface area contributed by atoms with Crippen molar-refractivity contribution in [1.82, 2.24) is 4.31 Å². The molecule has 1 rings (SSSR count). The highest BCUT2D eigenvalue weighted by Gasteiger charge is 2.51. The number of aliphatic hydroxyl groups is 1. The van der Waals surface area contributed by atoms with Crippen LogP contribution in [0.25, 0.3) is 0 Å². The van der Waals surface area contributed by atoms with Gasteiger partial charge < -0.3 is 5.11 Å². The van der Waals surface area contributed by atoms with E-state index < -0.39 is 20.4 Å². The zero-order valence-corrected chi connectivity index (χ0v) is 10.9. The van der Waals surface area contributed by atoms with Gasteiger partial charge in [-0.25, -0.2) is 8.42 Å². The summed E-state index contributed by atoms with van der Waals surface area (Å²) in [5, 5.41) is 9.98. The van der Waals surface area contributed by atoms with Crippen molar-refractivity contribution in [1.29, 1.82) is 0 Å². The standard InChI is InChI=1S/C10H21NO3S/c1-8(2)10(12)6-11(7-10)15(13,14)9(3,4)5/h8,12H,6-7H2,1-5H3. The molecule has 0 bridgehead atoms. The lowest BCUT2D eigenvalue weighted by Gasteiger charge is -2.49.